The Morgan fingerprint density at radius 1 is 0.540 bits per heavy atom. The van der Waals surface area contributed by atoms with Crippen LogP contribution in [0.15, 0.2) is 60.9 Å². The number of alkyl halides is 6. The normalized spacial score (nSPS) is 13.0. The van der Waals surface area contributed by atoms with Crippen LogP contribution in [0, 0.1) is 11.8 Å². The molecule has 0 spiro atoms. The second kappa shape index (κ2) is 17.1. The van der Waals surface area contributed by atoms with Gasteiger partial charge in [-0.05, 0) is 51.0 Å². The standard InChI is InChI=1S/2C17H18F3NO4/c2*1-3-24-15(22)13(16(23)25-4-2)14(17(18,19)20)11-9-21-12-8-6-5-7-10(11)12/h2*5-9,13-14,21H,3-4H2,1-2H3/t2*14-/m00/s1. The Bertz CT molecular complexity index is 1600. The zero-order valence-corrected chi connectivity index (χ0v) is 27.4. The van der Waals surface area contributed by atoms with E-state index in [9.17, 15) is 45.5 Å². The number of ether oxygens (including phenoxy) is 4. The van der Waals surface area contributed by atoms with Crippen molar-refractivity contribution in [2.24, 2.45) is 11.8 Å². The lowest BCUT2D eigenvalue weighted by Crippen LogP contribution is -2.40. The van der Waals surface area contributed by atoms with E-state index in [4.69, 9.17) is 18.9 Å². The van der Waals surface area contributed by atoms with E-state index in [1.54, 1.807) is 36.4 Å². The minimum atomic E-state index is -4.85. The molecule has 0 aliphatic heterocycles. The van der Waals surface area contributed by atoms with E-state index in [1.165, 1.54) is 39.8 Å². The largest absolute Gasteiger partial charge is 0.465 e. The van der Waals surface area contributed by atoms with E-state index in [-0.39, 0.29) is 48.3 Å². The third-order valence-corrected chi connectivity index (χ3v) is 7.45. The van der Waals surface area contributed by atoms with Crippen LogP contribution in [0.4, 0.5) is 26.3 Å². The molecule has 0 aliphatic carbocycles. The Labute approximate surface area is 282 Å². The molecule has 0 radical (unpaired) electrons. The summed E-state index contributed by atoms with van der Waals surface area (Å²) in [4.78, 5) is 54.0. The summed E-state index contributed by atoms with van der Waals surface area (Å²) in [5.41, 5.74) is 0.542. The molecule has 2 aromatic carbocycles. The summed E-state index contributed by atoms with van der Waals surface area (Å²) in [5.74, 6) is -14.0. The van der Waals surface area contributed by atoms with Crippen molar-refractivity contribution in [2.45, 2.75) is 51.9 Å². The Balaban J connectivity index is 0.000000270. The van der Waals surface area contributed by atoms with Crippen molar-refractivity contribution in [3.63, 3.8) is 0 Å². The van der Waals surface area contributed by atoms with Crippen LogP contribution in [-0.4, -0.2) is 72.6 Å². The average molecular weight is 715 g/mol. The number of esters is 4. The molecule has 0 saturated heterocycles. The van der Waals surface area contributed by atoms with Crippen LogP contribution in [0.3, 0.4) is 0 Å². The molecule has 0 fully saturated rings. The van der Waals surface area contributed by atoms with Gasteiger partial charge in [-0.1, -0.05) is 36.4 Å². The van der Waals surface area contributed by atoms with Crippen LogP contribution in [0.1, 0.15) is 50.7 Å². The van der Waals surface area contributed by atoms with Gasteiger partial charge in [-0.3, -0.25) is 19.2 Å². The van der Waals surface area contributed by atoms with Gasteiger partial charge in [0, 0.05) is 34.2 Å². The minimum Gasteiger partial charge on any atom is -0.465 e. The summed E-state index contributed by atoms with van der Waals surface area (Å²) in [7, 11) is 0. The maximum atomic E-state index is 13.8. The zero-order chi connectivity index (χ0) is 37.2. The molecule has 2 N–H and O–H groups in total. The van der Waals surface area contributed by atoms with Crippen molar-refractivity contribution in [2.75, 3.05) is 26.4 Å². The summed E-state index contributed by atoms with van der Waals surface area (Å²) in [5, 5.41) is 0.562. The van der Waals surface area contributed by atoms with Gasteiger partial charge >= 0.3 is 36.2 Å². The molecule has 0 bridgehead atoms. The number of nitrogens with one attached hydrogen (secondary N) is 2. The maximum absolute atomic E-state index is 13.8. The Morgan fingerprint density at radius 2 is 0.820 bits per heavy atom. The smallest absolute Gasteiger partial charge is 0.397 e. The number of benzene rings is 2. The predicted molar refractivity (Wildman–Crippen MR) is 168 cm³/mol. The van der Waals surface area contributed by atoms with Crippen molar-refractivity contribution < 1.29 is 64.5 Å². The average Bonchev–Trinajstić information content (AvgIpc) is 3.66. The first-order valence-electron chi connectivity index (χ1n) is 15.5. The molecular weight excluding hydrogens is 678 g/mol. The fourth-order valence-electron chi connectivity index (χ4n) is 5.46. The van der Waals surface area contributed by atoms with Crippen LogP contribution in [-0.2, 0) is 38.1 Å². The van der Waals surface area contributed by atoms with Crippen molar-refractivity contribution in [1.29, 1.82) is 0 Å². The van der Waals surface area contributed by atoms with Gasteiger partial charge in [-0.2, -0.15) is 26.3 Å². The van der Waals surface area contributed by atoms with E-state index in [2.05, 4.69) is 9.97 Å². The third-order valence-electron chi connectivity index (χ3n) is 7.45. The number of carbonyl (C=O) groups excluding carboxylic acids is 4. The number of hydrogen-bond donors (Lipinski definition) is 2. The number of aromatic amines is 2. The highest BCUT2D eigenvalue weighted by atomic mass is 19.4. The number of H-pyrrole nitrogens is 2. The molecule has 4 rings (SSSR count). The molecule has 0 amide bonds. The van der Waals surface area contributed by atoms with Gasteiger partial charge in [0.1, 0.15) is 11.8 Å². The first-order valence-corrected chi connectivity index (χ1v) is 15.5. The van der Waals surface area contributed by atoms with E-state index in [0.717, 1.165) is 12.4 Å². The van der Waals surface area contributed by atoms with Crippen LogP contribution >= 0.6 is 0 Å². The molecule has 0 unspecified atom stereocenters. The second-order valence-electron chi connectivity index (χ2n) is 10.6. The highest BCUT2D eigenvalue weighted by Gasteiger charge is 2.55. The van der Waals surface area contributed by atoms with Crippen molar-refractivity contribution in [1.82, 2.24) is 9.97 Å². The number of halogens is 6. The zero-order valence-electron chi connectivity index (χ0n) is 27.4. The highest BCUT2D eigenvalue weighted by molar-refractivity contribution is 5.98. The van der Waals surface area contributed by atoms with Gasteiger partial charge in [0.25, 0.3) is 0 Å². The molecular formula is C34H36F6N2O8. The maximum Gasteiger partial charge on any atom is 0.397 e. The number of para-hydroxylation sites is 2. The fourth-order valence-corrected chi connectivity index (χ4v) is 5.46. The van der Waals surface area contributed by atoms with Crippen LogP contribution < -0.4 is 0 Å². The topological polar surface area (TPSA) is 137 Å². The summed E-state index contributed by atoms with van der Waals surface area (Å²) >= 11 is 0. The summed E-state index contributed by atoms with van der Waals surface area (Å²) in [6.07, 6.45) is -7.38. The molecule has 2 aromatic heterocycles. The Kier molecular flexibility index (Phi) is 13.5. The van der Waals surface area contributed by atoms with Gasteiger partial charge in [-0.25, -0.2) is 0 Å². The van der Waals surface area contributed by atoms with E-state index in [0.29, 0.717) is 11.0 Å². The van der Waals surface area contributed by atoms with Crippen molar-refractivity contribution >= 4 is 45.7 Å². The SMILES string of the molecule is CCOC(=O)C(C(=O)OCC)[C@H](c1c[nH]c2ccccc12)C(F)(F)F.CCOC(=O)C(C(=O)OCC)[C@H](c1c[nH]c2ccccc12)C(F)(F)F. The minimum absolute atomic E-state index is 0.146. The number of carbonyl (C=O) groups is 4. The van der Waals surface area contributed by atoms with Gasteiger partial charge in [0.2, 0.25) is 0 Å². The molecule has 16 heteroatoms. The quantitative estimate of drug-likeness (QED) is 0.0686. The van der Waals surface area contributed by atoms with Crippen LogP contribution in [0.25, 0.3) is 21.8 Å². The molecule has 2 atom stereocenters. The number of fused-ring (bicyclic) bond motifs is 2. The first kappa shape index (κ1) is 39.4. The number of hydrogen-bond acceptors (Lipinski definition) is 8. The second-order valence-corrected chi connectivity index (χ2v) is 10.6. The third kappa shape index (κ3) is 9.15. The lowest BCUT2D eigenvalue weighted by Gasteiger charge is -2.26. The van der Waals surface area contributed by atoms with Crippen LogP contribution in [0.2, 0.25) is 0 Å². The molecule has 272 valence electrons. The first-order chi connectivity index (χ1) is 23.6. The van der Waals surface area contributed by atoms with Crippen molar-refractivity contribution in [3.8, 4) is 0 Å². The molecule has 0 aliphatic rings. The monoisotopic (exact) mass is 714 g/mol. The Morgan fingerprint density at radius 3 is 1.08 bits per heavy atom. The molecule has 2 heterocycles. The van der Waals surface area contributed by atoms with Gasteiger partial charge in [-0.15, -0.1) is 0 Å². The van der Waals surface area contributed by atoms with Crippen LogP contribution in [0.5, 0.6) is 0 Å². The summed E-state index contributed by atoms with van der Waals surface area (Å²) in [6.45, 7) is 5.23. The molecule has 0 saturated carbocycles. The van der Waals surface area contributed by atoms with Gasteiger partial charge in [0.05, 0.1) is 26.4 Å². The molecule has 50 heavy (non-hydrogen) atoms. The lowest BCUT2D eigenvalue weighted by molar-refractivity contribution is -0.189. The summed E-state index contributed by atoms with van der Waals surface area (Å²) in [6, 6.07) is 12.7. The highest BCUT2D eigenvalue weighted by Crippen LogP contribution is 2.45. The van der Waals surface area contributed by atoms with Gasteiger partial charge < -0.3 is 28.9 Å². The van der Waals surface area contributed by atoms with E-state index >= 15 is 0 Å². The predicted octanol–water partition coefficient (Wildman–Crippen LogP) is 7.11. The molecule has 10 nitrogen and oxygen atoms in total. The Hall–Kier alpha value is -5.02. The van der Waals surface area contributed by atoms with E-state index in [1.807, 2.05) is 0 Å². The number of aromatic nitrogens is 2. The lowest BCUT2D eigenvalue weighted by atomic mass is 9.85. The fraction of sp³-hybridized carbons (Fsp3) is 0.412. The van der Waals surface area contributed by atoms with Gasteiger partial charge in [0.15, 0.2) is 11.8 Å². The molecule has 4 aromatic rings. The summed E-state index contributed by atoms with van der Waals surface area (Å²) < 4.78 is 102. The number of rotatable bonds is 12. The van der Waals surface area contributed by atoms with Crippen molar-refractivity contribution in [3.05, 3.63) is 72.1 Å². The van der Waals surface area contributed by atoms with E-state index < -0.39 is 59.9 Å².